The van der Waals surface area contributed by atoms with Crippen LogP contribution in [0.25, 0.3) is 0 Å². The molecule has 1 fully saturated rings. The second-order valence-electron chi connectivity index (χ2n) is 6.66. The lowest BCUT2D eigenvalue weighted by molar-refractivity contribution is -0.117. The molecule has 4 nitrogen and oxygen atoms in total. The van der Waals surface area contributed by atoms with Gasteiger partial charge in [-0.2, -0.15) is 0 Å². The summed E-state index contributed by atoms with van der Waals surface area (Å²) in [6.45, 7) is 5.22. The van der Waals surface area contributed by atoms with Gasteiger partial charge in [-0.05, 0) is 61.1 Å². The molecule has 1 heterocycles. The summed E-state index contributed by atoms with van der Waals surface area (Å²) in [7, 11) is 0. The van der Waals surface area contributed by atoms with Crippen LogP contribution >= 0.6 is 0 Å². The number of hydrogen-bond acceptors (Lipinski definition) is 3. The number of rotatable bonds is 3. The monoisotopic (exact) mass is 323 g/mol. The summed E-state index contributed by atoms with van der Waals surface area (Å²) >= 11 is 0. The average molecular weight is 323 g/mol. The van der Waals surface area contributed by atoms with Gasteiger partial charge in [0.15, 0.2) is 11.5 Å². The highest BCUT2D eigenvalue weighted by molar-refractivity contribution is 5.96. The zero-order chi connectivity index (χ0) is 16.7. The van der Waals surface area contributed by atoms with Crippen molar-refractivity contribution in [2.75, 3.05) is 18.5 Å². The standard InChI is InChI=1S/C20H21NO3/c1-12-3-4-13(2)17(9-12)21-20(22)16-11-15(16)14-5-6-18-19(10-14)24-8-7-23-18/h3-6,9-10,15-16H,7-8,11H2,1-2H3,(H,21,22)/t15-,16+/m1/s1. The number of carbonyl (C=O) groups is 1. The Morgan fingerprint density at radius 2 is 1.83 bits per heavy atom. The summed E-state index contributed by atoms with van der Waals surface area (Å²) in [6, 6.07) is 12.1. The molecule has 2 aliphatic rings. The Morgan fingerprint density at radius 3 is 2.67 bits per heavy atom. The first-order valence-electron chi connectivity index (χ1n) is 8.39. The molecule has 24 heavy (non-hydrogen) atoms. The van der Waals surface area contributed by atoms with Crippen LogP contribution in [-0.2, 0) is 4.79 Å². The van der Waals surface area contributed by atoms with Crippen LogP contribution in [-0.4, -0.2) is 19.1 Å². The quantitative estimate of drug-likeness (QED) is 0.934. The van der Waals surface area contributed by atoms with Gasteiger partial charge in [0.2, 0.25) is 5.91 Å². The molecule has 2 aromatic carbocycles. The van der Waals surface area contributed by atoms with Crippen molar-refractivity contribution in [3.05, 3.63) is 53.1 Å². The fourth-order valence-electron chi connectivity index (χ4n) is 3.24. The van der Waals surface area contributed by atoms with E-state index in [0.717, 1.165) is 40.3 Å². The number of aryl methyl sites for hydroxylation is 2. The molecular formula is C20H21NO3. The van der Waals surface area contributed by atoms with Gasteiger partial charge >= 0.3 is 0 Å². The third-order valence-electron chi connectivity index (χ3n) is 4.77. The van der Waals surface area contributed by atoms with Gasteiger partial charge < -0.3 is 14.8 Å². The first kappa shape index (κ1) is 15.1. The van der Waals surface area contributed by atoms with Crippen LogP contribution in [0.2, 0.25) is 0 Å². The number of fused-ring (bicyclic) bond motifs is 1. The maximum Gasteiger partial charge on any atom is 0.228 e. The minimum Gasteiger partial charge on any atom is -0.486 e. The number of anilines is 1. The van der Waals surface area contributed by atoms with Crippen molar-refractivity contribution in [2.45, 2.75) is 26.2 Å². The highest BCUT2D eigenvalue weighted by atomic mass is 16.6. The molecule has 0 saturated heterocycles. The molecule has 1 aliphatic carbocycles. The smallest absolute Gasteiger partial charge is 0.228 e. The third kappa shape index (κ3) is 2.84. The molecule has 2 atom stereocenters. The number of carbonyl (C=O) groups excluding carboxylic acids is 1. The normalized spacial score (nSPS) is 21.2. The summed E-state index contributed by atoms with van der Waals surface area (Å²) < 4.78 is 11.2. The number of benzene rings is 2. The van der Waals surface area contributed by atoms with E-state index >= 15 is 0 Å². The van der Waals surface area contributed by atoms with Crippen molar-refractivity contribution in [2.24, 2.45) is 5.92 Å². The molecule has 124 valence electrons. The first-order valence-corrected chi connectivity index (χ1v) is 8.39. The van der Waals surface area contributed by atoms with Gasteiger partial charge in [0, 0.05) is 11.6 Å². The highest BCUT2D eigenvalue weighted by Gasteiger charge is 2.44. The van der Waals surface area contributed by atoms with Crippen molar-refractivity contribution in [1.29, 1.82) is 0 Å². The van der Waals surface area contributed by atoms with Crippen LogP contribution in [0, 0.1) is 19.8 Å². The molecule has 2 aromatic rings. The highest BCUT2D eigenvalue weighted by Crippen LogP contribution is 2.49. The van der Waals surface area contributed by atoms with E-state index < -0.39 is 0 Å². The van der Waals surface area contributed by atoms with Gasteiger partial charge in [-0.15, -0.1) is 0 Å². The minimum atomic E-state index is 0.0347. The van der Waals surface area contributed by atoms with Crippen molar-refractivity contribution in [3.63, 3.8) is 0 Å². The van der Waals surface area contributed by atoms with Gasteiger partial charge in [0.05, 0.1) is 0 Å². The predicted octanol–water partition coefficient (Wildman–Crippen LogP) is 3.82. The van der Waals surface area contributed by atoms with Crippen LogP contribution in [0.1, 0.15) is 29.0 Å². The van der Waals surface area contributed by atoms with E-state index in [4.69, 9.17) is 9.47 Å². The topological polar surface area (TPSA) is 47.6 Å². The van der Waals surface area contributed by atoms with E-state index in [-0.39, 0.29) is 17.7 Å². The molecule has 4 heteroatoms. The minimum absolute atomic E-state index is 0.0347. The van der Waals surface area contributed by atoms with Crippen molar-refractivity contribution < 1.29 is 14.3 Å². The zero-order valence-corrected chi connectivity index (χ0v) is 14.0. The van der Waals surface area contributed by atoms with Gasteiger partial charge in [-0.1, -0.05) is 18.2 Å². The fraction of sp³-hybridized carbons (Fsp3) is 0.350. The summed E-state index contributed by atoms with van der Waals surface area (Å²) in [6.07, 6.45) is 0.885. The maximum atomic E-state index is 12.5. The van der Waals surface area contributed by atoms with Gasteiger partial charge in [0.1, 0.15) is 13.2 Å². The van der Waals surface area contributed by atoms with Gasteiger partial charge in [-0.25, -0.2) is 0 Å². The lowest BCUT2D eigenvalue weighted by Gasteiger charge is -2.18. The molecule has 0 aromatic heterocycles. The molecule has 0 bridgehead atoms. The van der Waals surface area contributed by atoms with E-state index in [1.165, 1.54) is 0 Å². The van der Waals surface area contributed by atoms with Crippen molar-refractivity contribution in [1.82, 2.24) is 0 Å². The van der Waals surface area contributed by atoms with Crippen molar-refractivity contribution >= 4 is 11.6 Å². The average Bonchev–Trinajstić information content (AvgIpc) is 3.38. The summed E-state index contributed by atoms with van der Waals surface area (Å²) in [4.78, 5) is 12.5. The van der Waals surface area contributed by atoms with E-state index in [0.29, 0.717) is 13.2 Å². The van der Waals surface area contributed by atoms with Gasteiger partial charge in [0.25, 0.3) is 0 Å². The lowest BCUT2D eigenvalue weighted by Crippen LogP contribution is -2.16. The number of nitrogens with one attached hydrogen (secondary N) is 1. The molecule has 1 aliphatic heterocycles. The van der Waals surface area contributed by atoms with Gasteiger partial charge in [-0.3, -0.25) is 4.79 Å². The fourth-order valence-corrected chi connectivity index (χ4v) is 3.24. The third-order valence-corrected chi connectivity index (χ3v) is 4.77. The Kier molecular flexibility index (Phi) is 3.68. The summed E-state index contributed by atoms with van der Waals surface area (Å²) in [5, 5.41) is 3.08. The Morgan fingerprint density at radius 1 is 1.04 bits per heavy atom. The van der Waals surface area contributed by atoms with E-state index in [1.54, 1.807) is 0 Å². The SMILES string of the molecule is Cc1ccc(C)c(NC(=O)[C@H]2C[C@@H]2c2ccc3c(c2)OCCO3)c1. The summed E-state index contributed by atoms with van der Waals surface area (Å²) in [5.41, 5.74) is 4.30. The van der Waals surface area contributed by atoms with E-state index in [1.807, 2.05) is 44.2 Å². The molecule has 0 radical (unpaired) electrons. The van der Waals surface area contributed by atoms with Crippen LogP contribution in [0.3, 0.4) is 0 Å². The molecule has 4 rings (SSSR count). The lowest BCUT2D eigenvalue weighted by atomic mass is 10.1. The molecular weight excluding hydrogens is 302 g/mol. The Labute approximate surface area is 141 Å². The van der Waals surface area contributed by atoms with E-state index in [2.05, 4.69) is 11.4 Å². The maximum absolute atomic E-state index is 12.5. The Balaban J connectivity index is 1.46. The zero-order valence-electron chi connectivity index (χ0n) is 14.0. The van der Waals surface area contributed by atoms with Crippen LogP contribution in [0.5, 0.6) is 11.5 Å². The van der Waals surface area contributed by atoms with Crippen LogP contribution in [0.15, 0.2) is 36.4 Å². The molecule has 1 N–H and O–H groups in total. The molecule has 0 unspecified atom stereocenters. The van der Waals surface area contributed by atoms with Crippen LogP contribution < -0.4 is 14.8 Å². The Hall–Kier alpha value is -2.49. The van der Waals surface area contributed by atoms with Crippen LogP contribution in [0.4, 0.5) is 5.69 Å². The predicted molar refractivity (Wildman–Crippen MR) is 92.8 cm³/mol. The molecule has 1 saturated carbocycles. The molecule has 1 amide bonds. The first-order chi connectivity index (χ1) is 11.6. The Bertz CT molecular complexity index is 799. The number of hydrogen-bond donors (Lipinski definition) is 1. The van der Waals surface area contributed by atoms with E-state index in [9.17, 15) is 4.79 Å². The summed E-state index contributed by atoms with van der Waals surface area (Å²) in [5.74, 6) is 1.99. The largest absolute Gasteiger partial charge is 0.486 e. The molecule has 0 spiro atoms. The second-order valence-corrected chi connectivity index (χ2v) is 6.66. The number of ether oxygens (including phenoxy) is 2. The number of amides is 1. The van der Waals surface area contributed by atoms with Crippen molar-refractivity contribution in [3.8, 4) is 11.5 Å². The second kappa shape index (κ2) is 5.86.